The van der Waals surface area contributed by atoms with Gasteiger partial charge >= 0.3 is 0 Å². The molecule has 3 aromatic heterocycles. The third kappa shape index (κ3) is 3.11. The number of pyridine rings is 2. The molecule has 0 atom stereocenters. The first kappa shape index (κ1) is 15.3. The van der Waals surface area contributed by atoms with Crippen LogP contribution in [-0.4, -0.2) is 26.1 Å². The molecule has 1 amide bonds. The van der Waals surface area contributed by atoms with Crippen LogP contribution in [0.2, 0.25) is 0 Å². The zero-order valence-electron chi connectivity index (χ0n) is 12.9. The molecule has 0 fully saturated rings. The molecule has 0 aliphatic heterocycles. The van der Waals surface area contributed by atoms with Crippen molar-refractivity contribution in [2.24, 2.45) is 0 Å². The fraction of sp³-hybridized carbons (Fsp3) is 0.267. The Morgan fingerprint density at radius 1 is 1.30 bits per heavy atom. The molecule has 0 radical (unpaired) electrons. The van der Waals surface area contributed by atoms with E-state index in [1.807, 2.05) is 20.8 Å². The normalized spacial score (nSPS) is 11.6. The van der Waals surface area contributed by atoms with Crippen LogP contribution in [-0.2, 0) is 5.41 Å². The lowest BCUT2D eigenvalue weighted by Gasteiger charge is -2.12. The monoisotopic (exact) mass is 329 g/mol. The summed E-state index contributed by atoms with van der Waals surface area (Å²) in [6.45, 7) is 6.07. The number of anilines is 1. The van der Waals surface area contributed by atoms with Crippen molar-refractivity contribution in [3.63, 3.8) is 0 Å². The minimum atomic E-state index is -0.433. The first-order valence-corrected chi connectivity index (χ1v) is 7.78. The summed E-state index contributed by atoms with van der Waals surface area (Å²) in [7, 11) is 0. The maximum absolute atomic E-state index is 12.3. The first-order chi connectivity index (χ1) is 10.8. The second-order valence-corrected chi connectivity index (χ2v) is 7.07. The van der Waals surface area contributed by atoms with Crippen LogP contribution in [0.15, 0.2) is 29.3 Å². The van der Waals surface area contributed by atoms with Gasteiger partial charge in [-0.1, -0.05) is 32.1 Å². The lowest BCUT2D eigenvalue weighted by molar-refractivity contribution is 0.102. The van der Waals surface area contributed by atoms with Crippen molar-refractivity contribution in [2.75, 3.05) is 5.32 Å². The summed E-state index contributed by atoms with van der Waals surface area (Å²) in [5, 5.41) is 13.0. The van der Waals surface area contributed by atoms with Crippen LogP contribution in [0.3, 0.4) is 0 Å². The van der Waals surface area contributed by atoms with Crippen LogP contribution < -0.4 is 10.9 Å². The van der Waals surface area contributed by atoms with E-state index >= 15 is 0 Å². The molecule has 0 spiro atoms. The SMILES string of the molecule is CC(C)(C)c1nnc(NC(=O)c2cc3ccncc3c(=O)[nH]2)s1. The fourth-order valence-electron chi connectivity index (χ4n) is 1.97. The zero-order chi connectivity index (χ0) is 16.6. The van der Waals surface area contributed by atoms with Crippen LogP contribution in [0.5, 0.6) is 0 Å². The second-order valence-electron chi connectivity index (χ2n) is 6.09. The number of hydrogen-bond acceptors (Lipinski definition) is 6. The van der Waals surface area contributed by atoms with E-state index in [-0.39, 0.29) is 16.7 Å². The van der Waals surface area contributed by atoms with Crippen molar-refractivity contribution < 1.29 is 4.79 Å². The predicted octanol–water partition coefficient (Wildman–Crippen LogP) is 2.32. The molecule has 0 unspecified atom stereocenters. The molecule has 3 heterocycles. The van der Waals surface area contributed by atoms with Crippen molar-refractivity contribution in [1.82, 2.24) is 20.2 Å². The highest BCUT2D eigenvalue weighted by atomic mass is 32.1. The van der Waals surface area contributed by atoms with Crippen molar-refractivity contribution in [1.29, 1.82) is 0 Å². The van der Waals surface area contributed by atoms with Crippen molar-refractivity contribution in [3.8, 4) is 0 Å². The smallest absolute Gasteiger partial charge is 0.274 e. The van der Waals surface area contributed by atoms with Crippen LogP contribution in [0.4, 0.5) is 5.13 Å². The molecule has 23 heavy (non-hydrogen) atoms. The molecular weight excluding hydrogens is 314 g/mol. The van der Waals surface area contributed by atoms with E-state index < -0.39 is 5.91 Å². The number of hydrogen-bond donors (Lipinski definition) is 2. The molecule has 3 rings (SSSR count). The van der Waals surface area contributed by atoms with E-state index in [0.29, 0.717) is 15.9 Å². The molecular formula is C15H15N5O2S. The van der Waals surface area contributed by atoms with Gasteiger partial charge in [0.2, 0.25) is 5.13 Å². The van der Waals surface area contributed by atoms with Gasteiger partial charge in [-0.05, 0) is 17.5 Å². The first-order valence-electron chi connectivity index (χ1n) is 6.97. The molecule has 0 saturated carbocycles. The number of carbonyl (C=O) groups is 1. The van der Waals surface area contributed by atoms with Gasteiger partial charge in [0.05, 0.1) is 5.39 Å². The summed E-state index contributed by atoms with van der Waals surface area (Å²) in [5.41, 5.74) is -0.320. The number of nitrogens with one attached hydrogen (secondary N) is 2. The number of aromatic amines is 1. The van der Waals surface area contributed by atoms with Crippen LogP contribution in [0.1, 0.15) is 36.3 Å². The third-order valence-corrected chi connectivity index (χ3v) is 4.44. The number of fused-ring (bicyclic) bond motifs is 1. The maximum atomic E-state index is 12.3. The average molecular weight is 329 g/mol. The van der Waals surface area contributed by atoms with Crippen LogP contribution in [0.25, 0.3) is 10.8 Å². The third-order valence-electron chi connectivity index (χ3n) is 3.18. The molecule has 8 heteroatoms. The standard InChI is InChI=1S/C15H15N5O2S/c1-15(2,3)13-19-20-14(23-13)18-12(22)10-6-8-4-5-16-7-9(8)11(21)17-10/h4-7H,1-3H3,(H,17,21)(H,18,20,22). The van der Waals surface area contributed by atoms with E-state index in [4.69, 9.17) is 0 Å². The predicted molar refractivity (Wildman–Crippen MR) is 88.9 cm³/mol. The van der Waals surface area contributed by atoms with Gasteiger partial charge in [-0.3, -0.25) is 19.9 Å². The van der Waals surface area contributed by atoms with E-state index in [2.05, 4.69) is 25.5 Å². The highest BCUT2D eigenvalue weighted by Gasteiger charge is 2.20. The molecule has 2 N–H and O–H groups in total. The summed E-state index contributed by atoms with van der Waals surface area (Å²) < 4.78 is 0. The fourth-order valence-corrected chi connectivity index (χ4v) is 2.76. The molecule has 7 nitrogen and oxygen atoms in total. The Morgan fingerprint density at radius 3 is 2.78 bits per heavy atom. The van der Waals surface area contributed by atoms with Gasteiger partial charge < -0.3 is 4.98 Å². The number of aromatic nitrogens is 4. The zero-order valence-corrected chi connectivity index (χ0v) is 13.7. The van der Waals surface area contributed by atoms with Crippen LogP contribution in [0, 0.1) is 0 Å². The molecule has 0 saturated heterocycles. The van der Waals surface area contributed by atoms with Gasteiger partial charge in [0.25, 0.3) is 11.5 Å². The van der Waals surface area contributed by atoms with Crippen molar-refractivity contribution in [3.05, 3.63) is 45.6 Å². The molecule has 0 aromatic carbocycles. The number of H-pyrrole nitrogens is 1. The van der Waals surface area contributed by atoms with E-state index in [0.717, 1.165) is 5.01 Å². The summed E-state index contributed by atoms with van der Waals surface area (Å²) in [4.78, 5) is 30.8. The summed E-state index contributed by atoms with van der Waals surface area (Å²) >= 11 is 1.31. The molecule has 118 valence electrons. The Hall–Kier alpha value is -2.61. The summed E-state index contributed by atoms with van der Waals surface area (Å²) in [5.74, 6) is -0.433. The maximum Gasteiger partial charge on any atom is 0.274 e. The Labute approximate surface area is 135 Å². The van der Waals surface area contributed by atoms with Crippen LogP contribution >= 0.6 is 11.3 Å². The number of rotatable bonds is 2. The van der Waals surface area contributed by atoms with Gasteiger partial charge in [-0.25, -0.2) is 0 Å². The Balaban J connectivity index is 1.89. The number of nitrogens with zero attached hydrogens (tertiary/aromatic N) is 3. The molecule has 3 aromatic rings. The lowest BCUT2D eigenvalue weighted by Crippen LogP contribution is -2.19. The van der Waals surface area contributed by atoms with Crippen molar-refractivity contribution >= 4 is 33.1 Å². The quantitative estimate of drug-likeness (QED) is 0.751. The largest absolute Gasteiger partial charge is 0.317 e. The van der Waals surface area contributed by atoms with Gasteiger partial charge in [-0.2, -0.15) is 0 Å². The van der Waals surface area contributed by atoms with Gasteiger partial charge in [0.15, 0.2) is 0 Å². The Morgan fingerprint density at radius 2 is 2.09 bits per heavy atom. The molecule has 0 bridgehead atoms. The van der Waals surface area contributed by atoms with Gasteiger partial charge in [-0.15, -0.1) is 10.2 Å². The average Bonchev–Trinajstić information content (AvgIpc) is 2.96. The second kappa shape index (κ2) is 5.54. The number of amides is 1. The van der Waals surface area contributed by atoms with Gasteiger partial charge in [0.1, 0.15) is 10.7 Å². The lowest BCUT2D eigenvalue weighted by atomic mass is 9.98. The highest BCUT2D eigenvalue weighted by molar-refractivity contribution is 7.15. The minimum Gasteiger partial charge on any atom is -0.317 e. The topological polar surface area (TPSA) is 101 Å². The molecule has 0 aliphatic carbocycles. The highest BCUT2D eigenvalue weighted by Crippen LogP contribution is 2.27. The van der Waals surface area contributed by atoms with E-state index in [1.54, 1.807) is 18.3 Å². The Bertz CT molecular complexity index is 939. The summed E-state index contributed by atoms with van der Waals surface area (Å²) in [6, 6.07) is 3.30. The molecule has 0 aliphatic rings. The van der Waals surface area contributed by atoms with E-state index in [9.17, 15) is 9.59 Å². The number of carbonyl (C=O) groups excluding carboxylic acids is 1. The van der Waals surface area contributed by atoms with Crippen molar-refractivity contribution in [2.45, 2.75) is 26.2 Å². The van der Waals surface area contributed by atoms with E-state index in [1.165, 1.54) is 17.5 Å². The summed E-state index contributed by atoms with van der Waals surface area (Å²) in [6.07, 6.45) is 3.04. The minimum absolute atomic E-state index is 0.134. The Kier molecular flexibility index (Phi) is 3.69. The van der Waals surface area contributed by atoms with Gasteiger partial charge in [0, 0.05) is 17.8 Å².